The fraction of sp³-hybridized carbons (Fsp3) is 0.320. The van der Waals surface area contributed by atoms with Crippen LogP contribution < -0.4 is 0 Å². The fourth-order valence-corrected chi connectivity index (χ4v) is 3.00. The second kappa shape index (κ2) is 6.72. The highest BCUT2D eigenvalue weighted by Crippen LogP contribution is 2.30. The van der Waals surface area contributed by atoms with Crippen LogP contribution in [0.1, 0.15) is 58.2 Å². The standard InChI is InChI=1S/C25H29N/c1-24(2,3)21-13-18(14-22(16-21)25(4,5)6)17-26-23-12-11-19-9-7-8-10-20(19)15-23/h7-17H,1-6H3/b26-17+. The van der Waals surface area contributed by atoms with Crippen LogP contribution in [-0.4, -0.2) is 6.21 Å². The van der Waals surface area contributed by atoms with E-state index in [2.05, 4.69) is 102 Å². The predicted octanol–water partition coefficient (Wildman–Crippen LogP) is 7.19. The average molecular weight is 344 g/mol. The van der Waals surface area contributed by atoms with Crippen molar-refractivity contribution >= 4 is 22.7 Å². The molecule has 0 aliphatic heterocycles. The van der Waals surface area contributed by atoms with Crippen LogP contribution in [-0.2, 0) is 10.8 Å². The molecule has 0 aliphatic rings. The maximum atomic E-state index is 4.75. The molecule has 26 heavy (non-hydrogen) atoms. The number of fused-ring (bicyclic) bond motifs is 1. The molecule has 1 nitrogen and oxygen atoms in total. The molecule has 3 aromatic rings. The average Bonchev–Trinajstić information content (AvgIpc) is 2.58. The van der Waals surface area contributed by atoms with Crippen molar-refractivity contribution in [1.82, 2.24) is 0 Å². The number of hydrogen-bond acceptors (Lipinski definition) is 1. The van der Waals surface area contributed by atoms with Gasteiger partial charge in [0.2, 0.25) is 0 Å². The van der Waals surface area contributed by atoms with Crippen LogP contribution in [0.25, 0.3) is 10.8 Å². The molecule has 0 saturated heterocycles. The summed E-state index contributed by atoms with van der Waals surface area (Å²) in [4.78, 5) is 4.75. The van der Waals surface area contributed by atoms with E-state index in [4.69, 9.17) is 4.99 Å². The largest absolute Gasteiger partial charge is 0.256 e. The Morgan fingerprint density at radius 3 is 1.81 bits per heavy atom. The zero-order valence-corrected chi connectivity index (χ0v) is 16.8. The van der Waals surface area contributed by atoms with E-state index in [1.807, 2.05) is 6.21 Å². The van der Waals surface area contributed by atoms with Crippen molar-refractivity contribution in [3.8, 4) is 0 Å². The molecule has 3 aromatic carbocycles. The molecule has 0 aromatic heterocycles. The molecule has 0 atom stereocenters. The first-order valence-corrected chi connectivity index (χ1v) is 9.32. The number of nitrogens with zero attached hydrogens (tertiary/aromatic N) is 1. The molecule has 3 rings (SSSR count). The van der Waals surface area contributed by atoms with Crippen LogP contribution in [0.2, 0.25) is 0 Å². The van der Waals surface area contributed by atoms with E-state index in [1.54, 1.807) is 0 Å². The molecule has 0 spiro atoms. The summed E-state index contributed by atoms with van der Waals surface area (Å²) in [6.45, 7) is 13.6. The lowest BCUT2D eigenvalue weighted by molar-refractivity contribution is 0.568. The van der Waals surface area contributed by atoms with Crippen LogP contribution in [0, 0.1) is 0 Å². The second-order valence-electron chi connectivity index (χ2n) is 9.13. The fourth-order valence-electron chi connectivity index (χ4n) is 3.00. The van der Waals surface area contributed by atoms with Gasteiger partial charge < -0.3 is 0 Å². The molecule has 0 aliphatic carbocycles. The molecule has 0 N–H and O–H groups in total. The summed E-state index contributed by atoms with van der Waals surface area (Å²) in [5.41, 5.74) is 5.09. The molecule has 0 amide bonds. The Morgan fingerprint density at radius 1 is 0.654 bits per heavy atom. The van der Waals surface area contributed by atoms with E-state index in [1.165, 1.54) is 21.9 Å². The van der Waals surface area contributed by atoms with Crippen molar-refractivity contribution in [3.05, 3.63) is 77.4 Å². The van der Waals surface area contributed by atoms with E-state index < -0.39 is 0 Å². The van der Waals surface area contributed by atoms with Crippen molar-refractivity contribution in [3.63, 3.8) is 0 Å². The lowest BCUT2D eigenvalue weighted by Crippen LogP contribution is -2.17. The maximum absolute atomic E-state index is 4.75. The summed E-state index contributed by atoms with van der Waals surface area (Å²) in [5.74, 6) is 0. The molecule has 0 radical (unpaired) electrons. The molecule has 0 fully saturated rings. The van der Waals surface area contributed by atoms with E-state index >= 15 is 0 Å². The van der Waals surface area contributed by atoms with Gasteiger partial charge >= 0.3 is 0 Å². The smallest absolute Gasteiger partial charge is 0.0636 e. The van der Waals surface area contributed by atoms with Gasteiger partial charge in [0.05, 0.1) is 5.69 Å². The third-order valence-corrected chi connectivity index (χ3v) is 4.78. The van der Waals surface area contributed by atoms with Gasteiger partial charge in [-0.05, 0) is 62.6 Å². The summed E-state index contributed by atoms with van der Waals surface area (Å²) in [6.07, 6.45) is 1.99. The third-order valence-electron chi connectivity index (χ3n) is 4.78. The highest BCUT2D eigenvalue weighted by atomic mass is 14.7. The van der Waals surface area contributed by atoms with Gasteiger partial charge in [-0.2, -0.15) is 0 Å². The molecule has 1 heteroatoms. The van der Waals surface area contributed by atoms with Gasteiger partial charge in [-0.1, -0.05) is 77.9 Å². The number of aliphatic imine (C=N–C) groups is 1. The van der Waals surface area contributed by atoms with Crippen LogP contribution in [0.15, 0.2) is 65.7 Å². The minimum absolute atomic E-state index is 0.118. The van der Waals surface area contributed by atoms with Crippen molar-refractivity contribution in [2.24, 2.45) is 4.99 Å². The van der Waals surface area contributed by atoms with E-state index in [-0.39, 0.29) is 10.8 Å². The predicted molar refractivity (Wildman–Crippen MR) is 115 cm³/mol. The number of rotatable bonds is 2. The first kappa shape index (κ1) is 18.4. The normalized spacial score (nSPS) is 12.8. The van der Waals surface area contributed by atoms with Crippen molar-refractivity contribution in [2.75, 3.05) is 0 Å². The number of benzene rings is 3. The molecule has 0 heterocycles. The molecular weight excluding hydrogens is 314 g/mol. The van der Waals surface area contributed by atoms with Crippen molar-refractivity contribution < 1.29 is 0 Å². The summed E-state index contributed by atoms with van der Waals surface area (Å²) in [7, 11) is 0. The molecule has 0 unspecified atom stereocenters. The molecule has 0 saturated carbocycles. The zero-order chi connectivity index (χ0) is 18.9. The molecule has 134 valence electrons. The minimum Gasteiger partial charge on any atom is -0.256 e. The van der Waals surface area contributed by atoms with Crippen molar-refractivity contribution in [1.29, 1.82) is 0 Å². The Hall–Kier alpha value is -2.41. The van der Waals surface area contributed by atoms with E-state index in [0.717, 1.165) is 11.3 Å². The summed E-state index contributed by atoms with van der Waals surface area (Å²) in [5, 5.41) is 2.47. The summed E-state index contributed by atoms with van der Waals surface area (Å²) < 4.78 is 0. The Kier molecular flexibility index (Phi) is 4.75. The van der Waals surface area contributed by atoms with Gasteiger partial charge in [-0.15, -0.1) is 0 Å². The third kappa shape index (κ3) is 4.22. The van der Waals surface area contributed by atoms with Gasteiger partial charge in [-0.25, -0.2) is 0 Å². The quantitative estimate of drug-likeness (QED) is 0.437. The lowest BCUT2D eigenvalue weighted by atomic mass is 9.79. The van der Waals surface area contributed by atoms with Crippen LogP contribution in [0.3, 0.4) is 0 Å². The van der Waals surface area contributed by atoms with Gasteiger partial charge in [0.1, 0.15) is 0 Å². The van der Waals surface area contributed by atoms with Gasteiger partial charge in [0.15, 0.2) is 0 Å². The van der Waals surface area contributed by atoms with Crippen molar-refractivity contribution in [2.45, 2.75) is 52.4 Å². The first-order chi connectivity index (χ1) is 12.1. The molecular formula is C25H29N. The Bertz CT molecular complexity index is 918. The topological polar surface area (TPSA) is 12.4 Å². The molecule has 0 bridgehead atoms. The van der Waals surface area contributed by atoms with Gasteiger partial charge in [0, 0.05) is 6.21 Å². The zero-order valence-electron chi connectivity index (χ0n) is 16.8. The van der Waals surface area contributed by atoms with Crippen LogP contribution in [0.4, 0.5) is 5.69 Å². The van der Waals surface area contributed by atoms with E-state index in [9.17, 15) is 0 Å². The highest BCUT2D eigenvalue weighted by Gasteiger charge is 2.20. The van der Waals surface area contributed by atoms with Gasteiger partial charge in [0.25, 0.3) is 0 Å². The number of hydrogen-bond donors (Lipinski definition) is 0. The minimum atomic E-state index is 0.118. The van der Waals surface area contributed by atoms with Gasteiger partial charge in [-0.3, -0.25) is 4.99 Å². The summed E-state index contributed by atoms with van der Waals surface area (Å²) in [6, 6.07) is 21.6. The Balaban J connectivity index is 2.00. The van der Waals surface area contributed by atoms with E-state index in [0.29, 0.717) is 0 Å². The van der Waals surface area contributed by atoms with Crippen LogP contribution >= 0.6 is 0 Å². The Labute approximate surface area is 157 Å². The first-order valence-electron chi connectivity index (χ1n) is 9.32. The SMILES string of the molecule is CC(C)(C)c1cc(/C=N/c2ccc3ccccc3c2)cc(C(C)(C)C)c1. The highest BCUT2D eigenvalue weighted by molar-refractivity contribution is 5.88. The lowest BCUT2D eigenvalue weighted by Gasteiger charge is -2.25. The monoisotopic (exact) mass is 343 g/mol. The Morgan fingerprint density at radius 2 is 1.23 bits per heavy atom. The van der Waals surface area contributed by atoms with Crippen LogP contribution in [0.5, 0.6) is 0 Å². The second-order valence-corrected chi connectivity index (χ2v) is 9.13. The summed E-state index contributed by atoms with van der Waals surface area (Å²) >= 11 is 0. The maximum Gasteiger partial charge on any atom is 0.0636 e.